The van der Waals surface area contributed by atoms with Crippen molar-refractivity contribution in [1.29, 1.82) is 0 Å². The first-order valence-electron chi connectivity index (χ1n) is 6.35. The van der Waals surface area contributed by atoms with Crippen molar-refractivity contribution in [3.8, 4) is 0 Å². The normalized spacial score (nSPS) is 10.5. The second-order valence-electron chi connectivity index (χ2n) is 4.60. The van der Waals surface area contributed by atoms with Crippen LogP contribution in [0.15, 0.2) is 48.5 Å². The third kappa shape index (κ3) is 3.72. The van der Waals surface area contributed by atoms with Crippen molar-refractivity contribution in [1.82, 2.24) is 0 Å². The van der Waals surface area contributed by atoms with E-state index in [0.717, 1.165) is 24.2 Å². The highest BCUT2D eigenvalue weighted by Crippen LogP contribution is 2.26. The Morgan fingerprint density at radius 1 is 1.05 bits per heavy atom. The first-order chi connectivity index (χ1) is 9.20. The maximum Gasteiger partial charge on any atom is 0.0682 e. The van der Waals surface area contributed by atoms with Gasteiger partial charge in [0.2, 0.25) is 0 Å². The Bertz CT molecular complexity index is 528. The summed E-state index contributed by atoms with van der Waals surface area (Å²) >= 11 is 6.23. The second-order valence-corrected chi connectivity index (χ2v) is 5.01. The molecular weight excluding hydrogens is 258 g/mol. The van der Waals surface area contributed by atoms with E-state index >= 15 is 0 Å². The summed E-state index contributed by atoms with van der Waals surface area (Å²) in [6, 6.07) is 16.1. The molecule has 0 atom stereocenters. The van der Waals surface area contributed by atoms with Crippen LogP contribution in [0, 0.1) is 0 Å². The molecule has 2 aromatic carbocycles. The third-order valence-corrected chi connectivity index (χ3v) is 3.49. The zero-order valence-corrected chi connectivity index (χ0v) is 11.8. The summed E-state index contributed by atoms with van der Waals surface area (Å²) in [4.78, 5) is 2.14. The van der Waals surface area contributed by atoms with Gasteiger partial charge < -0.3 is 10.0 Å². The molecule has 2 aromatic rings. The van der Waals surface area contributed by atoms with Crippen LogP contribution in [0.3, 0.4) is 0 Å². The average molecular weight is 276 g/mol. The number of hydrogen-bond donors (Lipinski definition) is 1. The third-order valence-electron chi connectivity index (χ3n) is 3.18. The predicted molar refractivity (Wildman–Crippen MR) is 80.8 cm³/mol. The van der Waals surface area contributed by atoms with E-state index in [1.807, 2.05) is 31.3 Å². The van der Waals surface area contributed by atoms with Gasteiger partial charge in [0, 0.05) is 13.6 Å². The fourth-order valence-corrected chi connectivity index (χ4v) is 2.37. The van der Waals surface area contributed by atoms with Gasteiger partial charge in [0.1, 0.15) is 0 Å². The molecule has 19 heavy (non-hydrogen) atoms. The molecule has 0 aliphatic heterocycles. The average Bonchev–Trinajstić information content (AvgIpc) is 2.45. The number of rotatable bonds is 5. The largest absolute Gasteiger partial charge is 0.392 e. The highest BCUT2D eigenvalue weighted by Gasteiger charge is 2.07. The minimum atomic E-state index is 0.0216. The van der Waals surface area contributed by atoms with Crippen LogP contribution in [0.4, 0.5) is 5.69 Å². The summed E-state index contributed by atoms with van der Waals surface area (Å²) in [6.45, 7) is 0.927. The maximum atomic E-state index is 9.07. The molecule has 0 unspecified atom stereocenters. The smallest absolute Gasteiger partial charge is 0.0682 e. The van der Waals surface area contributed by atoms with E-state index < -0.39 is 0 Å². The van der Waals surface area contributed by atoms with Gasteiger partial charge >= 0.3 is 0 Å². The molecule has 0 aromatic heterocycles. The molecule has 0 aliphatic carbocycles. The topological polar surface area (TPSA) is 23.5 Å². The minimum absolute atomic E-state index is 0.0216. The molecule has 0 spiro atoms. The van der Waals surface area contributed by atoms with E-state index in [-0.39, 0.29) is 6.61 Å². The first kappa shape index (κ1) is 13.9. The fourth-order valence-electron chi connectivity index (χ4n) is 2.02. The van der Waals surface area contributed by atoms with Crippen molar-refractivity contribution in [3.05, 3.63) is 64.7 Å². The zero-order valence-electron chi connectivity index (χ0n) is 11.0. The quantitative estimate of drug-likeness (QED) is 0.903. The van der Waals surface area contributed by atoms with Gasteiger partial charge in [-0.25, -0.2) is 0 Å². The second kappa shape index (κ2) is 6.60. The van der Waals surface area contributed by atoms with Crippen LogP contribution in [-0.4, -0.2) is 18.7 Å². The van der Waals surface area contributed by atoms with Crippen molar-refractivity contribution in [2.75, 3.05) is 18.5 Å². The van der Waals surface area contributed by atoms with E-state index in [4.69, 9.17) is 16.7 Å². The molecule has 0 heterocycles. The summed E-state index contributed by atoms with van der Waals surface area (Å²) < 4.78 is 0. The van der Waals surface area contributed by atoms with Crippen LogP contribution in [-0.2, 0) is 13.0 Å². The maximum absolute atomic E-state index is 9.07. The standard InChI is InChI=1S/C16H18ClNO/c1-18(10-9-13-5-3-2-4-6-13)16-8-7-14(12-19)11-15(16)17/h2-8,11,19H,9-10,12H2,1H3. The van der Waals surface area contributed by atoms with E-state index in [1.165, 1.54) is 5.56 Å². The van der Waals surface area contributed by atoms with Crippen molar-refractivity contribution < 1.29 is 5.11 Å². The number of halogens is 1. The molecule has 0 saturated heterocycles. The summed E-state index contributed by atoms with van der Waals surface area (Å²) in [6.07, 6.45) is 0.982. The van der Waals surface area contributed by atoms with Crippen molar-refractivity contribution in [2.24, 2.45) is 0 Å². The Kier molecular flexibility index (Phi) is 4.83. The lowest BCUT2D eigenvalue weighted by molar-refractivity contribution is 0.282. The highest BCUT2D eigenvalue weighted by molar-refractivity contribution is 6.33. The van der Waals surface area contributed by atoms with Gasteiger partial charge in [-0.05, 0) is 29.7 Å². The van der Waals surface area contributed by atoms with Crippen LogP contribution in [0.2, 0.25) is 5.02 Å². The number of likely N-dealkylation sites (N-methyl/N-ethyl adjacent to an activating group) is 1. The summed E-state index contributed by atoms with van der Waals surface area (Å²) in [5.74, 6) is 0. The van der Waals surface area contributed by atoms with Crippen LogP contribution in [0.1, 0.15) is 11.1 Å². The number of nitrogens with zero attached hydrogens (tertiary/aromatic N) is 1. The molecule has 100 valence electrons. The number of hydrogen-bond acceptors (Lipinski definition) is 2. The highest BCUT2D eigenvalue weighted by atomic mass is 35.5. The monoisotopic (exact) mass is 275 g/mol. The predicted octanol–water partition coefficient (Wildman–Crippen LogP) is 3.51. The van der Waals surface area contributed by atoms with E-state index in [0.29, 0.717) is 5.02 Å². The Morgan fingerprint density at radius 2 is 1.79 bits per heavy atom. The molecule has 0 bridgehead atoms. The molecule has 0 radical (unpaired) electrons. The van der Waals surface area contributed by atoms with Crippen molar-refractivity contribution >= 4 is 17.3 Å². The molecule has 2 rings (SSSR count). The Hall–Kier alpha value is -1.51. The number of anilines is 1. The first-order valence-corrected chi connectivity index (χ1v) is 6.73. The fraction of sp³-hybridized carbons (Fsp3) is 0.250. The molecule has 2 nitrogen and oxygen atoms in total. The molecular formula is C16H18ClNO. The molecule has 1 N–H and O–H groups in total. The summed E-state index contributed by atoms with van der Waals surface area (Å²) in [5, 5.41) is 9.75. The van der Waals surface area contributed by atoms with Gasteiger partial charge in [-0.15, -0.1) is 0 Å². The van der Waals surface area contributed by atoms with Crippen LogP contribution in [0.5, 0.6) is 0 Å². The van der Waals surface area contributed by atoms with Crippen molar-refractivity contribution in [3.63, 3.8) is 0 Å². The Morgan fingerprint density at radius 3 is 2.42 bits per heavy atom. The van der Waals surface area contributed by atoms with Gasteiger partial charge in [-0.2, -0.15) is 0 Å². The summed E-state index contributed by atoms with van der Waals surface area (Å²) in [5.41, 5.74) is 3.15. The Labute approximate surface area is 119 Å². The van der Waals surface area contributed by atoms with Gasteiger partial charge in [-0.3, -0.25) is 0 Å². The minimum Gasteiger partial charge on any atom is -0.392 e. The molecule has 0 amide bonds. The lowest BCUT2D eigenvalue weighted by atomic mass is 10.1. The number of aliphatic hydroxyl groups is 1. The number of aliphatic hydroxyl groups excluding tert-OH is 1. The number of benzene rings is 2. The van der Waals surface area contributed by atoms with Gasteiger partial charge in [-0.1, -0.05) is 48.0 Å². The van der Waals surface area contributed by atoms with Gasteiger partial charge in [0.15, 0.2) is 0 Å². The van der Waals surface area contributed by atoms with Crippen LogP contribution < -0.4 is 4.90 Å². The Balaban J connectivity index is 2.02. The lowest BCUT2D eigenvalue weighted by Gasteiger charge is -2.21. The van der Waals surface area contributed by atoms with E-state index in [2.05, 4.69) is 29.2 Å². The molecule has 0 aliphatic rings. The molecule has 3 heteroatoms. The molecule has 0 fully saturated rings. The van der Waals surface area contributed by atoms with Crippen molar-refractivity contribution in [2.45, 2.75) is 13.0 Å². The molecule has 0 saturated carbocycles. The zero-order chi connectivity index (χ0) is 13.7. The van der Waals surface area contributed by atoms with Crippen LogP contribution >= 0.6 is 11.6 Å². The lowest BCUT2D eigenvalue weighted by Crippen LogP contribution is -2.20. The van der Waals surface area contributed by atoms with Gasteiger partial charge in [0.05, 0.1) is 17.3 Å². The van der Waals surface area contributed by atoms with Gasteiger partial charge in [0.25, 0.3) is 0 Å². The van der Waals surface area contributed by atoms with E-state index in [9.17, 15) is 0 Å². The summed E-state index contributed by atoms with van der Waals surface area (Å²) in [7, 11) is 2.03. The van der Waals surface area contributed by atoms with Crippen LogP contribution in [0.25, 0.3) is 0 Å². The van der Waals surface area contributed by atoms with E-state index in [1.54, 1.807) is 0 Å². The SMILES string of the molecule is CN(CCc1ccccc1)c1ccc(CO)cc1Cl.